The number of rotatable bonds is 3. The number of benzene rings is 1. The lowest BCUT2D eigenvalue weighted by atomic mass is 10.1. The molecule has 1 saturated carbocycles. The highest BCUT2D eigenvalue weighted by Crippen LogP contribution is 2.46. The van der Waals surface area contributed by atoms with Gasteiger partial charge in [-0.15, -0.1) is 0 Å². The van der Waals surface area contributed by atoms with E-state index in [1.165, 1.54) is 0 Å². The molecule has 0 aromatic heterocycles. The van der Waals surface area contributed by atoms with E-state index in [1.54, 1.807) is 6.21 Å². The van der Waals surface area contributed by atoms with Gasteiger partial charge in [0.25, 0.3) is 0 Å². The number of nitrogens with zero attached hydrogens (tertiary/aromatic N) is 1. The van der Waals surface area contributed by atoms with Crippen LogP contribution in [0.1, 0.15) is 25.3 Å². The van der Waals surface area contributed by atoms with Gasteiger partial charge in [0.15, 0.2) is 0 Å². The van der Waals surface area contributed by atoms with Crippen molar-refractivity contribution in [2.45, 2.75) is 25.4 Å². The van der Waals surface area contributed by atoms with Crippen LogP contribution in [0, 0.1) is 0 Å². The molecule has 0 atom stereocenters. The van der Waals surface area contributed by atoms with Crippen molar-refractivity contribution in [2.24, 2.45) is 4.99 Å². The quantitative estimate of drug-likeness (QED) is 0.743. The van der Waals surface area contributed by atoms with Crippen LogP contribution in [0.5, 0.6) is 0 Å². The van der Waals surface area contributed by atoms with Gasteiger partial charge in [-0.25, -0.2) is 0 Å². The van der Waals surface area contributed by atoms with Crippen molar-refractivity contribution in [3.8, 4) is 0 Å². The summed E-state index contributed by atoms with van der Waals surface area (Å²) in [6, 6.07) is 5.88. The standard InChI is InChI=1S/C12H16N2O/c1-3-14-10-5-4-9(8-11(10)13-2)12(15)6-7-12/h3-5,8,13,15H,6-7H2,1-2H3. The van der Waals surface area contributed by atoms with Gasteiger partial charge in [0.1, 0.15) is 0 Å². The van der Waals surface area contributed by atoms with Crippen molar-refractivity contribution < 1.29 is 5.11 Å². The van der Waals surface area contributed by atoms with Crippen LogP contribution in [0.15, 0.2) is 23.2 Å². The van der Waals surface area contributed by atoms with Crippen LogP contribution < -0.4 is 5.32 Å². The molecule has 0 bridgehead atoms. The van der Waals surface area contributed by atoms with Crippen molar-refractivity contribution in [3.05, 3.63) is 23.8 Å². The maximum atomic E-state index is 9.97. The van der Waals surface area contributed by atoms with Crippen molar-refractivity contribution in [2.75, 3.05) is 12.4 Å². The summed E-state index contributed by atoms with van der Waals surface area (Å²) in [5.74, 6) is 0. The molecule has 15 heavy (non-hydrogen) atoms. The van der Waals surface area contributed by atoms with E-state index >= 15 is 0 Å². The zero-order valence-electron chi connectivity index (χ0n) is 9.12. The van der Waals surface area contributed by atoms with Crippen molar-refractivity contribution >= 4 is 17.6 Å². The van der Waals surface area contributed by atoms with Crippen LogP contribution in [-0.2, 0) is 5.60 Å². The number of hydrogen-bond acceptors (Lipinski definition) is 3. The summed E-state index contributed by atoms with van der Waals surface area (Å²) in [4.78, 5) is 4.25. The van der Waals surface area contributed by atoms with Crippen LogP contribution >= 0.6 is 0 Å². The zero-order valence-corrected chi connectivity index (χ0v) is 9.12. The van der Waals surface area contributed by atoms with E-state index in [0.717, 1.165) is 29.8 Å². The highest BCUT2D eigenvalue weighted by Gasteiger charge is 2.42. The van der Waals surface area contributed by atoms with Gasteiger partial charge in [-0.3, -0.25) is 4.99 Å². The molecule has 0 unspecified atom stereocenters. The predicted octanol–water partition coefficient (Wildman–Crippen LogP) is 2.43. The average Bonchev–Trinajstić information content (AvgIpc) is 2.99. The summed E-state index contributed by atoms with van der Waals surface area (Å²) in [6.07, 6.45) is 3.50. The molecule has 0 aliphatic heterocycles. The molecule has 1 fully saturated rings. The van der Waals surface area contributed by atoms with Gasteiger partial charge >= 0.3 is 0 Å². The van der Waals surface area contributed by atoms with E-state index < -0.39 is 5.60 Å². The predicted molar refractivity (Wildman–Crippen MR) is 62.9 cm³/mol. The normalized spacial score (nSPS) is 18.1. The first-order valence-corrected chi connectivity index (χ1v) is 5.23. The Labute approximate surface area is 89.9 Å². The van der Waals surface area contributed by atoms with Crippen molar-refractivity contribution in [1.82, 2.24) is 0 Å². The minimum atomic E-state index is -0.569. The third-order valence-corrected chi connectivity index (χ3v) is 2.80. The maximum Gasteiger partial charge on any atom is 0.0899 e. The molecular formula is C12H16N2O. The number of aliphatic hydroxyl groups is 1. The first kappa shape index (κ1) is 10.2. The van der Waals surface area contributed by atoms with Gasteiger partial charge in [0.05, 0.1) is 17.0 Å². The highest BCUT2D eigenvalue weighted by atomic mass is 16.3. The molecule has 1 aliphatic rings. The SMILES string of the molecule is CC=Nc1ccc(C2(O)CC2)cc1NC. The van der Waals surface area contributed by atoms with Gasteiger partial charge in [0, 0.05) is 13.3 Å². The Hall–Kier alpha value is -1.35. The summed E-state index contributed by atoms with van der Waals surface area (Å²) in [5.41, 5.74) is 2.29. The number of aliphatic imine (C=N–C) groups is 1. The minimum Gasteiger partial charge on any atom is -0.386 e. The monoisotopic (exact) mass is 204 g/mol. The lowest BCUT2D eigenvalue weighted by molar-refractivity contribution is 0.151. The second-order valence-corrected chi connectivity index (χ2v) is 3.90. The number of nitrogens with one attached hydrogen (secondary N) is 1. The number of anilines is 1. The second kappa shape index (κ2) is 3.66. The van der Waals surface area contributed by atoms with Crippen molar-refractivity contribution in [1.29, 1.82) is 0 Å². The Morgan fingerprint density at radius 1 is 1.47 bits per heavy atom. The van der Waals surface area contributed by atoms with Crippen LogP contribution in [-0.4, -0.2) is 18.4 Å². The topological polar surface area (TPSA) is 44.6 Å². The fourth-order valence-corrected chi connectivity index (χ4v) is 1.68. The first-order valence-electron chi connectivity index (χ1n) is 5.23. The fourth-order valence-electron chi connectivity index (χ4n) is 1.68. The lowest BCUT2D eigenvalue weighted by Crippen LogP contribution is -2.04. The fraction of sp³-hybridized carbons (Fsp3) is 0.417. The lowest BCUT2D eigenvalue weighted by Gasteiger charge is -2.11. The molecule has 3 heteroatoms. The minimum absolute atomic E-state index is 0.569. The molecule has 0 radical (unpaired) electrons. The van der Waals surface area contributed by atoms with Crippen molar-refractivity contribution in [3.63, 3.8) is 0 Å². The van der Waals surface area contributed by atoms with Crippen LogP contribution in [0.25, 0.3) is 0 Å². The summed E-state index contributed by atoms with van der Waals surface area (Å²) in [7, 11) is 1.87. The Balaban J connectivity index is 2.38. The van der Waals surface area contributed by atoms with Crippen LogP contribution in [0.3, 0.4) is 0 Å². The molecule has 80 valence electrons. The van der Waals surface area contributed by atoms with Gasteiger partial charge in [0.2, 0.25) is 0 Å². The third-order valence-electron chi connectivity index (χ3n) is 2.80. The van der Waals surface area contributed by atoms with Gasteiger partial charge in [-0.2, -0.15) is 0 Å². The first-order chi connectivity index (χ1) is 7.19. The molecule has 1 aliphatic carbocycles. The second-order valence-electron chi connectivity index (χ2n) is 3.90. The van der Waals surface area contributed by atoms with Gasteiger partial charge in [-0.05, 0) is 37.5 Å². The Morgan fingerprint density at radius 2 is 2.20 bits per heavy atom. The molecule has 2 rings (SSSR count). The Morgan fingerprint density at radius 3 is 2.73 bits per heavy atom. The summed E-state index contributed by atoms with van der Waals surface area (Å²) in [6.45, 7) is 1.89. The van der Waals surface area contributed by atoms with E-state index in [9.17, 15) is 5.11 Å². The maximum absolute atomic E-state index is 9.97. The van der Waals surface area contributed by atoms with Crippen LogP contribution in [0.4, 0.5) is 11.4 Å². The number of hydrogen-bond donors (Lipinski definition) is 2. The molecule has 0 saturated heterocycles. The molecule has 0 spiro atoms. The summed E-state index contributed by atoms with van der Waals surface area (Å²) < 4.78 is 0. The van der Waals surface area contributed by atoms with E-state index in [-0.39, 0.29) is 0 Å². The molecule has 0 heterocycles. The molecule has 3 nitrogen and oxygen atoms in total. The van der Waals surface area contributed by atoms with Gasteiger partial charge < -0.3 is 10.4 Å². The van der Waals surface area contributed by atoms with E-state index in [2.05, 4.69) is 10.3 Å². The largest absolute Gasteiger partial charge is 0.386 e. The van der Waals surface area contributed by atoms with E-state index in [4.69, 9.17) is 0 Å². The summed E-state index contributed by atoms with van der Waals surface area (Å²) in [5, 5.41) is 13.1. The average molecular weight is 204 g/mol. The van der Waals surface area contributed by atoms with Gasteiger partial charge in [-0.1, -0.05) is 6.07 Å². The van der Waals surface area contributed by atoms with E-state index in [1.807, 2.05) is 32.2 Å². The molecular weight excluding hydrogens is 188 g/mol. The molecule has 2 N–H and O–H groups in total. The summed E-state index contributed by atoms with van der Waals surface area (Å²) >= 11 is 0. The zero-order chi connectivity index (χ0) is 10.9. The Kier molecular flexibility index (Phi) is 2.49. The third kappa shape index (κ3) is 1.88. The van der Waals surface area contributed by atoms with Crippen LogP contribution in [0.2, 0.25) is 0 Å². The smallest absolute Gasteiger partial charge is 0.0899 e. The highest BCUT2D eigenvalue weighted by molar-refractivity contribution is 5.72. The van der Waals surface area contributed by atoms with E-state index in [0.29, 0.717) is 0 Å². The Bertz CT molecular complexity index is 395. The molecule has 1 aromatic rings. The molecule has 0 amide bonds. The molecule has 1 aromatic carbocycles.